The summed E-state index contributed by atoms with van der Waals surface area (Å²) < 4.78 is 13.4. The molecule has 2 atom stereocenters. The predicted molar refractivity (Wildman–Crippen MR) is 58.9 cm³/mol. The van der Waals surface area contributed by atoms with Crippen molar-refractivity contribution < 1.29 is 19.4 Å². The first kappa shape index (κ1) is 13.1. The lowest BCUT2D eigenvalue weighted by molar-refractivity contribution is -0.121. The van der Waals surface area contributed by atoms with Gasteiger partial charge in [-0.2, -0.15) is 0 Å². The normalized spacial score (nSPS) is 14.5. The van der Waals surface area contributed by atoms with E-state index in [0.717, 1.165) is 6.07 Å². The fourth-order valence-corrected chi connectivity index (χ4v) is 1.75. The minimum absolute atomic E-state index is 0.175. The van der Waals surface area contributed by atoms with Crippen molar-refractivity contribution in [1.82, 2.24) is 0 Å². The van der Waals surface area contributed by atoms with E-state index < -0.39 is 23.9 Å². The van der Waals surface area contributed by atoms with Crippen LogP contribution in [0.25, 0.3) is 0 Å². The standard InChI is InChI=1S/C10H11BrFNO3/c11-7-2-1-5(12)3-6(7)10(16)8(14)4-9(13)15/h1-3,8,10,14,16H,4H2,(H2,13,15). The van der Waals surface area contributed by atoms with E-state index in [1.54, 1.807) is 0 Å². The Morgan fingerprint density at radius 1 is 1.50 bits per heavy atom. The molecule has 4 nitrogen and oxygen atoms in total. The molecule has 6 heteroatoms. The van der Waals surface area contributed by atoms with Gasteiger partial charge < -0.3 is 15.9 Å². The van der Waals surface area contributed by atoms with Crippen LogP contribution < -0.4 is 5.73 Å². The highest BCUT2D eigenvalue weighted by Gasteiger charge is 2.22. The molecule has 88 valence electrons. The summed E-state index contributed by atoms with van der Waals surface area (Å²) in [6, 6.07) is 3.70. The summed E-state index contributed by atoms with van der Waals surface area (Å²) in [7, 11) is 0. The highest BCUT2D eigenvalue weighted by molar-refractivity contribution is 9.10. The van der Waals surface area contributed by atoms with Crippen molar-refractivity contribution in [2.75, 3.05) is 0 Å². The number of hydrogen-bond acceptors (Lipinski definition) is 3. The topological polar surface area (TPSA) is 83.6 Å². The van der Waals surface area contributed by atoms with E-state index in [2.05, 4.69) is 15.9 Å². The fourth-order valence-electron chi connectivity index (χ4n) is 1.27. The van der Waals surface area contributed by atoms with Gasteiger partial charge in [-0.1, -0.05) is 15.9 Å². The van der Waals surface area contributed by atoms with Gasteiger partial charge in [0.2, 0.25) is 5.91 Å². The molecular formula is C10H11BrFNO3. The van der Waals surface area contributed by atoms with Gasteiger partial charge in [-0.3, -0.25) is 4.79 Å². The fraction of sp³-hybridized carbons (Fsp3) is 0.300. The highest BCUT2D eigenvalue weighted by atomic mass is 79.9. The molecule has 0 aliphatic carbocycles. The lowest BCUT2D eigenvalue weighted by Gasteiger charge is -2.18. The quantitative estimate of drug-likeness (QED) is 0.769. The number of amides is 1. The zero-order valence-corrected chi connectivity index (χ0v) is 9.82. The maximum Gasteiger partial charge on any atom is 0.220 e. The average molecular weight is 292 g/mol. The largest absolute Gasteiger partial charge is 0.390 e. The molecule has 0 saturated heterocycles. The van der Waals surface area contributed by atoms with Gasteiger partial charge in [-0.05, 0) is 18.2 Å². The molecule has 1 aromatic carbocycles. The van der Waals surface area contributed by atoms with Crippen molar-refractivity contribution in [2.45, 2.75) is 18.6 Å². The number of hydrogen-bond donors (Lipinski definition) is 3. The molecule has 1 amide bonds. The molecule has 0 aromatic heterocycles. The maximum atomic E-state index is 12.9. The van der Waals surface area contributed by atoms with Gasteiger partial charge in [0.25, 0.3) is 0 Å². The third-order valence-electron chi connectivity index (χ3n) is 2.05. The van der Waals surface area contributed by atoms with Crippen LogP contribution in [-0.4, -0.2) is 22.2 Å². The number of benzene rings is 1. The molecule has 0 aliphatic rings. The van der Waals surface area contributed by atoms with Gasteiger partial charge in [0.05, 0.1) is 12.5 Å². The Bertz CT molecular complexity index is 400. The summed E-state index contributed by atoms with van der Waals surface area (Å²) in [6.45, 7) is 0. The van der Waals surface area contributed by atoms with E-state index in [1.165, 1.54) is 12.1 Å². The zero-order valence-electron chi connectivity index (χ0n) is 8.23. The number of rotatable bonds is 4. The summed E-state index contributed by atoms with van der Waals surface area (Å²) in [5.41, 5.74) is 5.06. The van der Waals surface area contributed by atoms with Crippen LogP contribution in [0.15, 0.2) is 22.7 Å². The third-order valence-corrected chi connectivity index (χ3v) is 2.77. The molecule has 0 aliphatic heterocycles. The molecule has 0 radical (unpaired) electrons. The van der Waals surface area contributed by atoms with Crippen molar-refractivity contribution in [1.29, 1.82) is 0 Å². The first-order chi connectivity index (χ1) is 7.41. The van der Waals surface area contributed by atoms with Gasteiger partial charge in [-0.15, -0.1) is 0 Å². The molecule has 4 N–H and O–H groups in total. The van der Waals surface area contributed by atoms with Crippen LogP contribution in [-0.2, 0) is 4.79 Å². The van der Waals surface area contributed by atoms with E-state index >= 15 is 0 Å². The van der Waals surface area contributed by atoms with Gasteiger partial charge in [0, 0.05) is 10.0 Å². The van der Waals surface area contributed by atoms with Crippen molar-refractivity contribution >= 4 is 21.8 Å². The summed E-state index contributed by atoms with van der Waals surface area (Å²) in [5.74, 6) is -1.28. The number of aliphatic hydroxyl groups excluding tert-OH is 2. The zero-order chi connectivity index (χ0) is 12.3. The van der Waals surface area contributed by atoms with Crippen LogP contribution in [0, 0.1) is 5.82 Å². The summed E-state index contributed by atoms with van der Waals surface area (Å²) in [4.78, 5) is 10.6. The molecule has 0 heterocycles. The van der Waals surface area contributed by atoms with E-state index in [-0.39, 0.29) is 12.0 Å². The predicted octanol–water partition coefficient (Wildman–Crippen LogP) is 0.858. The van der Waals surface area contributed by atoms with Crippen molar-refractivity contribution in [3.05, 3.63) is 34.1 Å². The number of halogens is 2. The van der Waals surface area contributed by atoms with E-state index in [9.17, 15) is 19.4 Å². The molecule has 1 rings (SSSR count). The lowest BCUT2D eigenvalue weighted by Crippen LogP contribution is -2.25. The second-order valence-corrected chi connectivity index (χ2v) is 4.20. The first-order valence-corrected chi connectivity index (χ1v) is 5.30. The number of nitrogens with two attached hydrogens (primary N) is 1. The van der Waals surface area contributed by atoms with Crippen molar-refractivity contribution in [2.24, 2.45) is 5.73 Å². The Hall–Kier alpha value is -0.980. The van der Waals surface area contributed by atoms with Gasteiger partial charge in [0.15, 0.2) is 0 Å². The van der Waals surface area contributed by atoms with Crippen LogP contribution >= 0.6 is 15.9 Å². The Balaban J connectivity index is 2.90. The Morgan fingerprint density at radius 3 is 2.69 bits per heavy atom. The number of aliphatic hydroxyl groups is 2. The molecule has 2 unspecified atom stereocenters. The Morgan fingerprint density at radius 2 is 2.12 bits per heavy atom. The van der Waals surface area contributed by atoms with Crippen LogP contribution in [0.5, 0.6) is 0 Å². The third kappa shape index (κ3) is 3.26. The number of primary amides is 1. The molecule has 1 aromatic rings. The summed E-state index contributed by atoms with van der Waals surface area (Å²) in [6.07, 6.45) is -3.10. The molecule has 0 fully saturated rings. The smallest absolute Gasteiger partial charge is 0.220 e. The molecule has 0 spiro atoms. The minimum atomic E-state index is -1.36. The van der Waals surface area contributed by atoms with Crippen LogP contribution in [0.4, 0.5) is 4.39 Å². The number of carbonyl (C=O) groups is 1. The molecule has 16 heavy (non-hydrogen) atoms. The van der Waals surface area contributed by atoms with Crippen LogP contribution in [0.3, 0.4) is 0 Å². The van der Waals surface area contributed by atoms with Gasteiger partial charge >= 0.3 is 0 Å². The summed E-state index contributed by atoms with van der Waals surface area (Å²) >= 11 is 3.11. The molecular weight excluding hydrogens is 281 g/mol. The van der Waals surface area contributed by atoms with E-state index in [0.29, 0.717) is 4.47 Å². The molecule has 0 saturated carbocycles. The van der Waals surface area contributed by atoms with Crippen LogP contribution in [0.1, 0.15) is 18.1 Å². The van der Waals surface area contributed by atoms with Crippen molar-refractivity contribution in [3.63, 3.8) is 0 Å². The first-order valence-electron chi connectivity index (χ1n) is 4.51. The lowest BCUT2D eigenvalue weighted by atomic mass is 10.0. The van der Waals surface area contributed by atoms with Gasteiger partial charge in [-0.25, -0.2) is 4.39 Å². The second-order valence-electron chi connectivity index (χ2n) is 3.35. The second kappa shape index (κ2) is 5.38. The van der Waals surface area contributed by atoms with Crippen LogP contribution in [0.2, 0.25) is 0 Å². The highest BCUT2D eigenvalue weighted by Crippen LogP contribution is 2.27. The monoisotopic (exact) mass is 291 g/mol. The maximum absolute atomic E-state index is 12.9. The summed E-state index contributed by atoms with van der Waals surface area (Å²) in [5, 5.41) is 19.2. The SMILES string of the molecule is NC(=O)CC(O)C(O)c1cc(F)ccc1Br. The molecule has 0 bridgehead atoms. The average Bonchev–Trinajstić information content (AvgIpc) is 2.19. The van der Waals surface area contributed by atoms with E-state index in [4.69, 9.17) is 5.73 Å². The van der Waals surface area contributed by atoms with Crippen molar-refractivity contribution in [3.8, 4) is 0 Å². The Labute approximate surface area is 100 Å². The minimum Gasteiger partial charge on any atom is -0.390 e. The number of carbonyl (C=O) groups excluding carboxylic acids is 1. The van der Waals surface area contributed by atoms with E-state index in [1.807, 2.05) is 0 Å². The Kier molecular flexibility index (Phi) is 4.40. The van der Waals surface area contributed by atoms with Gasteiger partial charge in [0.1, 0.15) is 11.9 Å².